The fraction of sp³-hybridized carbons (Fsp3) is 0.333. The Balaban J connectivity index is 2.01. The highest BCUT2D eigenvalue weighted by atomic mass is 32.2. The van der Waals surface area contributed by atoms with Crippen LogP contribution in [0.25, 0.3) is 11.1 Å². The van der Waals surface area contributed by atoms with Crippen molar-refractivity contribution in [3.63, 3.8) is 0 Å². The molecule has 0 aliphatic carbocycles. The van der Waals surface area contributed by atoms with E-state index in [1.165, 1.54) is 11.1 Å². The number of benzene rings is 2. The maximum absolute atomic E-state index is 10.2. The molecule has 0 heterocycles. The Labute approximate surface area is 126 Å². The van der Waals surface area contributed by atoms with Crippen LogP contribution in [0.2, 0.25) is 0 Å². The first kappa shape index (κ1) is 15.1. The van der Waals surface area contributed by atoms with Gasteiger partial charge in [-0.1, -0.05) is 68.4 Å². The van der Waals surface area contributed by atoms with Gasteiger partial charge in [-0.3, -0.25) is 0 Å². The van der Waals surface area contributed by atoms with Gasteiger partial charge in [-0.25, -0.2) is 0 Å². The van der Waals surface area contributed by atoms with Crippen LogP contribution in [-0.2, 0) is 0 Å². The monoisotopic (exact) mass is 286 g/mol. The predicted octanol–water partition coefficient (Wildman–Crippen LogP) is 4.92. The smallest absolute Gasteiger partial charge is 0.0880 e. The van der Waals surface area contributed by atoms with Crippen LogP contribution >= 0.6 is 11.8 Å². The van der Waals surface area contributed by atoms with E-state index >= 15 is 0 Å². The van der Waals surface area contributed by atoms with E-state index in [0.717, 1.165) is 17.7 Å². The van der Waals surface area contributed by atoms with Crippen molar-refractivity contribution >= 4 is 11.8 Å². The minimum Gasteiger partial charge on any atom is -0.388 e. The Morgan fingerprint density at radius 2 is 1.55 bits per heavy atom. The zero-order valence-electron chi connectivity index (χ0n) is 12.1. The van der Waals surface area contributed by atoms with Gasteiger partial charge in [0.1, 0.15) is 0 Å². The van der Waals surface area contributed by atoms with Crippen LogP contribution < -0.4 is 0 Å². The fourth-order valence-electron chi connectivity index (χ4n) is 2.00. The van der Waals surface area contributed by atoms with Crippen molar-refractivity contribution in [1.82, 2.24) is 0 Å². The molecule has 2 aromatic carbocycles. The number of hydrogen-bond acceptors (Lipinski definition) is 2. The third-order valence-corrected chi connectivity index (χ3v) is 4.93. The normalized spacial score (nSPS) is 13.9. The van der Waals surface area contributed by atoms with Gasteiger partial charge in [0.05, 0.1) is 6.10 Å². The molecule has 0 fully saturated rings. The minimum absolute atomic E-state index is 0.376. The zero-order chi connectivity index (χ0) is 14.4. The molecular formula is C18H22OS. The highest BCUT2D eigenvalue weighted by Gasteiger charge is 2.10. The maximum atomic E-state index is 10.2. The molecule has 1 nitrogen and oxygen atoms in total. The molecule has 2 atom stereocenters. The first-order valence-corrected chi connectivity index (χ1v) is 8.20. The van der Waals surface area contributed by atoms with Crippen molar-refractivity contribution in [2.75, 3.05) is 5.75 Å². The lowest BCUT2D eigenvalue weighted by atomic mass is 10.0. The van der Waals surface area contributed by atoms with E-state index in [2.05, 4.69) is 38.1 Å². The summed E-state index contributed by atoms with van der Waals surface area (Å²) < 4.78 is 0. The lowest BCUT2D eigenvalue weighted by Crippen LogP contribution is -2.04. The van der Waals surface area contributed by atoms with Gasteiger partial charge in [0, 0.05) is 11.0 Å². The van der Waals surface area contributed by atoms with Gasteiger partial charge in [0.25, 0.3) is 0 Å². The van der Waals surface area contributed by atoms with E-state index in [1.807, 2.05) is 42.1 Å². The molecule has 0 amide bonds. The summed E-state index contributed by atoms with van der Waals surface area (Å²) in [6, 6.07) is 18.5. The molecular weight excluding hydrogens is 264 g/mol. The molecule has 20 heavy (non-hydrogen) atoms. The number of aliphatic hydroxyl groups is 1. The predicted molar refractivity (Wildman–Crippen MR) is 89.0 cm³/mol. The van der Waals surface area contributed by atoms with Crippen LogP contribution in [0, 0.1) is 0 Å². The van der Waals surface area contributed by atoms with Crippen LogP contribution in [0.15, 0.2) is 54.6 Å². The average molecular weight is 286 g/mol. The van der Waals surface area contributed by atoms with Crippen molar-refractivity contribution in [3.05, 3.63) is 60.2 Å². The number of aliphatic hydroxyl groups excluding tert-OH is 1. The summed E-state index contributed by atoms with van der Waals surface area (Å²) >= 11 is 1.83. The van der Waals surface area contributed by atoms with Gasteiger partial charge in [-0.15, -0.1) is 0 Å². The molecule has 2 heteroatoms. The molecule has 0 saturated carbocycles. The van der Waals surface area contributed by atoms with Crippen LogP contribution in [-0.4, -0.2) is 16.1 Å². The summed E-state index contributed by atoms with van der Waals surface area (Å²) in [6.07, 6.45) is 0.767. The van der Waals surface area contributed by atoms with E-state index in [9.17, 15) is 5.11 Å². The zero-order valence-corrected chi connectivity index (χ0v) is 12.9. The van der Waals surface area contributed by atoms with Gasteiger partial charge >= 0.3 is 0 Å². The van der Waals surface area contributed by atoms with Crippen molar-refractivity contribution in [2.24, 2.45) is 0 Å². The quantitative estimate of drug-likeness (QED) is 0.813. The second-order valence-corrected chi connectivity index (χ2v) is 6.53. The van der Waals surface area contributed by atoms with Crippen LogP contribution in [0.1, 0.15) is 31.9 Å². The molecule has 2 rings (SSSR count). The molecule has 0 aliphatic rings. The lowest BCUT2D eigenvalue weighted by Gasteiger charge is -2.14. The minimum atomic E-state index is -0.376. The van der Waals surface area contributed by atoms with E-state index in [0.29, 0.717) is 5.25 Å². The highest BCUT2D eigenvalue weighted by molar-refractivity contribution is 7.99. The highest BCUT2D eigenvalue weighted by Crippen LogP contribution is 2.25. The standard InChI is InChI=1S/C18H22OS/c1-3-14(2)20-13-18(19)17-11-9-16(10-12-17)15-7-5-4-6-8-15/h4-12,14,18-19H,3,13H2,1-2H3. The first-order chi connectivity index (χ1) is 9.70. The molecule has 106 valence electrons. The average Bonchev–Trinajstić information content (AvgIpc) is 2.53. The van der Waals surface area contributed by atoms with Crippen LogP contribution in [0.3, 0.4) is 0 Å². The Morgan fingerprint density at radius 1 is 0.950 bits per heavy atom. The van der Waals surface area contributed by atoms with Gasteiger partial charge in [-0.05, 0) is 23.1 Å². The van der Waals surface area contributed by atoms with E-state index < -0.39 is 0 Å². The summed E-state index contributed by atoms with van der Waals surface area (Å²) in [5.74, 6) is 0.764. The van der Waals surface area contributed by atoms with Crippen LogP contribution in [0.4, 0.5) is 0 Å². The van der Waals surface area contributed by atoms with Gasteiger partial charge in [0.2, 0.25) is 0 Å². The Morgan fingerprint density at radius 3 is 2.15 bits per heavy atom. The Hall–Kier alpha value is -1.25. The molecule has 0 saturated heterocycles. The lowest BCUT2D eigenvalue weighted by molar-refractivity contribution is 0.204. The summed E-state index contributed by atoms with van der Waals surface area (Å²) in [5.41, 5.74) is 3.40. The van der Waals surface area contributed by atoms with Gasteiger partial charge in [0.15, 0.2) is 0 Å². The molecule has 1 N–H and O–H groups in total. The molecule has 0 bridgehead atoms. The first-order valence-electron chi connectivity index (χ1n) is 7.15. The summed E-state index contributed by atoms with van der Waals surface area (Å²) in [4.78, 5) is 0. The third-order valence-electron chi connectivity index (χ3n) is 3.52. The van der Waals surface area contributed by atoms with Crippen molar-refractivity contribution in [1.29, 1.82) is 0 Å². The largest absolute Gasteiger partial charge is 0.388 e. The molecule has 2 aromatic rings. The summed E-state index contributed by atoms with van der Waals surface area (Å²) in [7, 11) is 0. The Kier molecular flexibility index (Phi) is 5.69. The van der Waals surface area contributed by atoms with Gasteiger partial charge in [-0.2, -0.15) is 11.8 Å². The number of rotatable bonds is 6. The topological polar surface area (TPSA) is 20.2 Å². The van der Waals surface area contributed by atoms with Crippen molar-refractivity contribution in [2.45, 2.75) is 31.6 Å². The number of thioether (sulfide) groups is 1. The fourth-order valence-corrected chi connectivity index (χ4v) is 2.94. The van der Waals surface area contributed by atoms with E-state index in [4.69, 9.17) is 0 Å². The van der Waals surface area contributed by atoms with Crippen molar-refractivity contribution < 1.29 is 5.11 Å². The summed E-state index contributed by atoms with van der Waals surface area (Å²) in [6.45, 7) is 4.38. The van der Waals surface area contributed by atoms with Gasteiger partial charge < -0.3 is 5.11 Å². The second kappa shape index (κ2) is 7.51. The Bertz CT molecular complexity index is 507. The van der Waals surface area contributed by atoms with Crippen LogP contribution in [0.5, 0.6) is 0 Å². The third kappa shape index (κ3) is 4.12. The van der Waals surface area contributed by atoms with E-state index in [1.54, 1.807) is 0 Å². The molecule has 0 radical (unpaired) electrons. The van der Waals surface area contributed by atoms with E-state index in [-0.39, 0.29) is 6.10 Å². The van der Waals surface area contributed by atoms with Crippen molar-refractivity contribution in [3.8, 4) is 11.1 Å². The maximum Gasteiger partial charge on any atom is 0.0880 e. The molecule has 0 spiro atoms. The molecule has 2 unspecified atom stereocenters. The number of hydrogen-bond donors (Lipinski definition) is 1. The SMILES string of the molecule is CCC(C)SCC(O)c1ccc(-c2ccccc2)cc1. The molecule has 0 aliphatic heterocycles. The second-order valence-electron chi connectivity index (χ2n) is 5.06. The molecule has 0 aromatic heterocycles. The summed E-state index contributed by atoms with van der Waals surface area (Å²) in [5, 5.41) is 10.8.